The van der Waals surface area contributed by atoms with Gasteiger partial charge in [-0.25, -0.2) is 8.42 Å². The summed E-state index contributed by atoms with van der Waals surface area (Å²) in [6, 6.07) is 14.7. The fourth-order valence-corrected chi connectivity index (χ4v) is 5.78. The molecule has 0 bridgehead atoms. The number of carbonyl (C=O) groups is 1. The van der Waals surface area contributed by atoms with Crippen LogP contribution in [0.15, 0.2) is 59.6 Å². The highest BCUT2D eigenvalue weighted by Crippen LogP contribution is 2.28. The molecule has 156 valence electrons. The van der Waals surface area contributed by atoms with E-state index in [1.807, 2.05) is 44.2 Å². The summed E-state index contributed by atoms with van der Waals surface area (Å²) in [6.45, 7) is 4.53. The zero-order chi connectivity index (χ0) is 21.3. The van der Waals surface area contributed by atoms with Gasteiger partial charge in [-0.15, -0.1) is 0 Å². The van der Waals surface area contributed by atoms with Crippen LogP contribution >= 0.6 is 0 Å². The number of aromatic nitrogens is 1. The molecule has 1 aliphatic heterocycles. The second-order valence-electron chi connectivity index (χ2n) is 7.90. The van der Waals surface area contributed by atoms with Crippen molar-refractivity contribution < 1.29 is 13.2 Å². The summed E-state index contributed by atoms with van der Waals surface area (Å²) in [5, 5.41) is 3.74. The number of pyridine rings is 1. The van der Waals surface area contributed by atoms with Gasteiger partial charge in [-0.1, -0.05) is 24.3 Å². The van der Waals surface area contributed by atoms with Gasteiger partial charge in [0, 0.05) is 30.4 Å². The highest BCUT2D eigenvalue weighted by Gasteiger charge is 2.34. The number of nitrogens with zero attached hydrogens (tertiary/aromatic N) is 2. The van der Waals surface area contributed by atoms with Gasteiger partial charge >= 0.3 is 0 Å². The van der Waals surface area contributed by atoms with Crippen LogP contribution in [0.25, 0.3) is 10.9 Å². The van der Waals surface area contributed by atoms with Crippen molar-refractivity contribution in [3.63, 3.8) is 0 Å². The van der Waals surface area contributed by atoms with Crippen molar-refractivity contribution in [2.24, 2.45) is 5.92 Å². The van der Waals surface area contributed by atoms with Crippen molar-refractivity contribution in [3.05, 3.63) is 65.9 Å². The molecule has 2 heterocycles. The molecule has 1 fully saturated rings. The Morgan fingerprint density at radius 1 is 1.10 bits per heavy atom. The van der Waals surface area contributed by atoms with E-state index in [9.17, 15) is 13.2 Å². The molecule has 1 N–H and O–H groups in total. The molecule has 3 aromatic rings. The molecule has 0 radical (unpaired) electrons. The number of hydrogen-bond donors (Lipinski definition) is 1. The lowest BCUT2D eigenvalue weighted by molar-refractivity contribution is -0.120. The number of hydrogen-bond acceptors (Lipinski definition) is 4. The molecule has 2 aromatic carbocycles. The molecule has 1 saturated heterocycles. The summed E-state index contributed by atoms with van der Waals surface area (Å²) in [5.74, 6) is -0.534. The van der Waals surface area contributed by atoms with Gasteiger partial charge in [-0.2, -0.15) is 4.31 Å². The summed E-state index contributed by atoms with van der Waals surface area (Å²) in [4.78, 5) is 17.3. The Morgan fingerprint density at radius 3 is 2.60 bits per heavy atom. The van der Waals surface area contributed by atoms with Gasteiger partial charge in [-0.05, 0) is 62.1 Å². The van der Waals surface area contributed by atoms with Crippen LogP contribution < -0.4 is 5.32 Å². The van der Waals surface area contributed by atoms with Gasteiger partial charge < -0.3 is 5.32 Å². The van der Waals surface area contributed by atoms with Crippen LogP contribution in [0.2, 0.25) is 0 Å². The van der Waals surface area contributed by atoms with Crippen molar-refractivity contribution in [3.8, 4) is 0 Å². The number of anilines is 1. The molecule has 6 nitrogen and oxygen atoms in total. The average Bonchev–Trinajstić information content (AvgIpc) is 2.72. The molecule has 0 saturated carbocycles. The lowest BCUT2D eigenvalue weighted by Crippen LogP contribution is -2.43. The van der Waals surface area contributed by atoms with Crippen molar-refractivity contribution in [1.29, 1.82) is 0 Å². The molecule has 0 aliphatic carbocycles. The zero-order valence-electron chi connectivity index (χ0n) is 17.1. The van der Waals surface area contributed by atoms with Crippen LogP contribution in [-0.4, -0.2) is 36.7 Å². The first-order chi connectivity index (χ1) is 14.3. The number of piperidine rings is 1. The number of sulfonamides is 1. The maximum absolute atomic E-state index is 13.4. The molecule has 1 aliphatic rings. The third kappa shape index (κ3) is 4.08. The van der Waals surface area contributed by atoms with Gasteiger partial charge in [-0.3, -0.25) is 9.78 Å². The topological polar surface area (TPSA) is 79.4 Å². The number of fused-ring (bicyclic) bond motifs is 1. The summed E-state index contributed by atoms with van der Waals surface area (Å²) in [6.07, 6.45) is 2.90. The van der Waals surface area contributed by atoms with Crippen LogP contribution in [0.4, 0.5) is 5.69 Å². The summed E-state index contributed by atoms with van der Waals surface area (Å²) < 4.78 is 28.2. The van der Waals surface area contributed by atoms with Crippen molar-refractivity contribution in [2.45, 2.75) is 31.6 Å². The molecule has 7 heteroatoms. The first-order valence-electron chi connectivity index (χ1n) is 10.1. The largest absolute Gasteiger partial charge is 0.326 e. The van der Waals surface area contributed by atoms with E-state index >= 15 is 0 Å². The fraction of sp³-hybridized carbons (Fsp3) is 0.304. The summed E-state index contributed by atoms with van der Waals surface area (Å²) >= 11 is 0. The third-order valence-electron chi connectivity index (χ3n) is 5.46. The van der Waals surface area contributed by atoms with E-state index in [1.165, 1.54) is 4.31 Å². The van der Waals surface area contributed by atoms with Gasteiger partial charge in [0.05, 0.1) is 11.4 Å². The van der Waals surface area contributed by atoms with Gasteiger partial charge in [0.1, 0.15) is 4.90 Å². The number of nitrogens with one attached hydrogen (secondary N) is 1. The Labute approximate surface area is 177 Å². The Bertz CT molecular complexity index is 1180. The number of rotatable bonds is 4. The Morgan fingerprint density at radius 2 is 1.83 bits per heavy atom. The molecule has 1 amide bonds. The van der Waals surface area contributed by atoms with Crippen molar-refractivity contribution in [1.82, 2.24) is 9.29 Å². The lowest BCUT2D eigenvalue weighted by atomic mass is 9.98. The quantitative estimate of drug-likeness (QED) is 0.690. The minimum Gasteiger partial charge on any atom is -0.326 e. The highest BCUT2D eigenvalue weighted by molar-refractivity contribution is 7.89. The number of carbonyl (C=O) groups excluding carboxylic acids is 1. The maximum Gasteiger partial charge on any atom is 0.245 e. The second-order valence-corrected chi connectivity index (χ2v) is 9.81. The normalized spacial score (nSPS) is 17.7. The fourth-order valence-electron chi connectivity index (χ4n) is 4.09. The standard InChI is InChI=1S/C23H25N3O3S/c1-16-12-17(2)14-20(13-16)25-23(27)19-8-5-11-26(15-19)30(28,29)21-9-3-6-18-7-4-10-24-22(18)21/h3-4,6-7,9-10,12-14,19H,5,8,11,15H2,1-2H3,(H,25,27)/t19-/m0/s1. The van der Waals surface area contributed by atoms with Crippen molar-refractivity contribution in [2.75, 3.05) is 18.4 Å². The van der Waals surface area contributed by atoms with Crippen LogP contribution in [0.5, 0.6) is 0 Å². The molecule has 1 atom stereocenters. The Kier molecular flexibility index (Phi) is 5.58. The monoisotopic (exact) mass is 423 g/mol. The third-order valence-corrected chi connectivity index (χ3v) is 7.35. The van der Waals surface area contributed by atoms with Gasteiger partial charge in [0.15, 0.2) is 0 Å². The average molecular weight is 424 g/mol. The first kappa shape index (κ1) is 20.5. The van der Waals surface area contributed by atoms with Crippen LogP contribution in [0.3, 0.4) is 0 Å². The molecule has 0 spiro atoms. The summed E-state index contributed by atoms with van der Waals surface area (Å²) in [5.41, 5.74) is 3.35. The molecular formula is C23H25N3O3S. The molecule has 30 heavy (non-hydrogen) atoms. The summed E-state index contributed by atoms with van der Waals surface area (Å²) in [7, 11) is -3.75. The SMILES string of the molecule is Cc1cc(C)cc(NC(=O)[C@H]2CCCN(S(=O)(=O)c3cccc4cccnc34)C2)c1. The lowest BCUT2D eigenvalue weighted by Gasteiger charge is -2.31. The Hall–Kier alpha value is -2.77. The highest BCUT2D eigenvalue weighted by atomic mass is 32.2. The Balaban J connectivity index is 1.56. The van der Waals surface area contributed by atoms with Gasteiger partial charge in [0.2, 0.25) is 15.9 Å². The second kappa shape index (κ2) is 8.16. The zero-order valence-corrected chi connectivity index (χ0v) is 17.9. The predicted octanol–water partition coefficient (Wildman–Crippen LogP) is 3.89. The van der Waals surface area contributed by atoms with Gasteiger partial charge in [0.25, 0.3) is 0 Å². The van der Waals surface area contributed by atoms with Crippen LogP contribution in [0, 0.1) is 19.8 Å². The van der Waals surface area contributed by atoms with E-state index in [4.69, 9.17) is 0 Å². The maximum atomic E-state index is 13.4. The van der Waals surface area contributed by atoms with E-state index in [-0.39, 0.29) is 17.3 Å². The van der Waals surface area contributed by atoms with E-state index in [1.54, 1.807) is 24.4 Å². The van der Waals surface area contributed by atoms with E-state index in [0.29, 0.717) is 24.9 Å². The van der Waals surface area contributed by atoms with E-state index in [0.717, 1.165) is 22.2 Å². The number of amides is 1. The number of benzene rings is 2. The van der Waals surface area contributed by atoms with E-state index in [2.05, 4.69) is 10.3 Å². The number of para-hydroxylation sites is 1. The van der Waals surface area contributed by atoms with E-state index < -0.39 is 15.9 Å². The van der Waals surface area contributed by atoms with Crippen LogP contribution in [-0.2, 0) is 14.8 Å². The van der Waals surface area contributed by atoms with Crippen LogP contribution in [0.1, 0.15) is 24.0 Å². The number of aryl methyl sites for hydroxylation is 2. The van der Waals surface area contributed by atoms with Crippen molar-refractivity contribution >= 4 is 32.5 Å². The molecule has 4 rings (SSSR count). The predicted molar refractivity (Wildman–Crippen MR) is 118 cm³/mol. The smallest absolute Gasteiger partial charge is 0.245 e. The molecular weight excluding hydrogens is 398 g/mol. The minimum atomic E-state index is -3.75. The molecule has 0 unspecified atom stereocenters. The molecule has 1 aromatic heterocycles. The minimum absolute atomic E-state index is 0.143. The first-order valence-corrected chi connectivity index (χ1v) is 11.5.